The summed E-state index contributed by atoms with van der Waals surface area (Å²) in [5.41, 5.74) is 2.15. The van der Waals surface area contributed by atoms with Crippen molar-refractivity contribution in [3.8, 4) is 0 Å². The minimum Gasteiger partial charge on any atom is -0.372 e. The number of hydrogen-bond acceptors (Lipinski definition) is 3. The van der Waals surface area contributed by atoms with Crippen LogP contribution in [0.5, 0.6) is 0 Å². The van der Waals surface area contributed by atoms with Crippen molar-refractivity contribution in [3.63, 3.8) is 0 Å². The van der Waals surface area contributed by atoms with Gasteiger partial charge in [0, 0.05) is 24.5 Å². The summed E-state index contributed by atoms with van der Waals surface area (Å²) in [6.45, 7) is 2.30. The smallest absolute Gasteiger partial charge is 0.234 e. The zero-order chi connectivity index (χ0) is 12.8. The van der Waals surface area contributed by atoms with E-state index in [0.29, 0.717) is 5.75 Å². The highest BCUT2D eigenvalue weighted by Crippen LogP contribution is 2.21. The monoisotopic (exact) mass is 264 g/mol. The average Bonchev–Trinajstić information content (AvgIpc) is 2.41. The van der Waals surface area contributed by atoms with Crippen molar-refractivity contribution in [3.05, 3.63) is 24.3 Å². The third-order valence-corrected chi connectivity index (χ3v) is 3.70. The molecule has 1 fully saturated rings. The lowest BCUT2D eigenvalue weighted by Crippen LogP contribution is -2.29. The Morgan fingerprint density at radius 3 is 2.50 bits per heavy atom. The summed E-state index contributed by atoms with van der Waals surface area (Å²) >= 11 is 1.53. The van der Waals surface area contributed by atoms with E-state index in [9.17, 15) is 4.79 Å². The van der Waals surface area contributed by atoms with Gasteiger partial charge in [-0.15, -0.1) is 0 Å². The number of nitrogens with one attached hydrogen (secondary N) is 1. The summed E-state index contributed by atoms with van der Waals surface area (Å²) in [7, 11) is 0. The van der Waals surface area contributed by atoms with Crippen molar-refractivity contribution >= 4 is 29.0 Å². The fraction of sp³-hybridized carbons (Fsp3) is 0.500. The third kappa shape index (κ3) is 3.67. The molecule has 0 aromatic heterocycles. The van der Waals surface area contributed by atoms with Gasteiger partial charge < -0.3 is 10.2 Å². The van der Waals surface area contributed by atoms with Gasteiger partial charge in [0.15, 0.2) is 0 Å². The first kappa shape index (κ1) is 13.3. The minimum absolute atomic E-state index is 0.0632. The summed E-state index contributed by atoms with van der Waals surface area (Å²) in [5.74, 6) is 0.571. The molecule has 0 atom stereocenters. The second kappa shape index (κ2) is 6.69. The molecule has 0 spiro atoms. The van der Waals surface area contributed by atoms with Gasteiger partial charge in [0.2, 0.25) is 5.91 Å². The lowest BCUT2D eigenvalue weighted by atomic mass is 10.1. The molecule has 0 aliphatic carbocycles. The van der Waals surface area contributed by atoms with Gasteiger partial charge in [0.05, 0.1) is 5.75 Å². The van der Waals surface area contributed by atoms with E-state index in [-0.39, 0.29) is 5.91 Å². The Morgan fingerprint density at radius 1 is 1.22 bits per heavy atom. The molecule has 4 heteroatoms. The van der Waals surface area contributed by atoms with Crippen LogP contribution in [0.1, 0.15) is 19.3 Å². The van der Waals surface area contributed by atoms with Crippen LogP contribution in [-0.2, 0) is 4.79 Å². The topological polar surface area (TPSA) is 32.3 Å². The van der Waals surface area contributed by atoms with E-state index in [2.05, 4.69) is 22.3 Å². The van der Waals surface area contributed by atoms with Crippen LogP contribution in [0.25, 0.3) is 0 Å². The Labute approximate surface area is 113 Å². The van der Waals surface area contributed by atoms with E-state index in [0.717, 1.165) is 18.8 Å². The number of thioether (sulfide) groups is 1. The summed E-state index contributed by atoms with van der Waals surface area (Å²) in [5, 5.41) is 2.89. The zero-order valence-electron chi connectivity index (χ0n) is 10.8. The maximum Gasteiger partial charge on any atom is 0.234 e. The molecule has 1 aliphatic rings. The van der Waals surface area contributed by atoms with Crippen LogP contribution in [0.4, 0.5) is 11.4 Å². The van der Waals surface area contributed by atoms with Gasteiger partial charge in [0.25, 0.3) is 0 Å². The largest absolute Gasteiger partial charge is 0.372 e. The highest BCUT2D eigenvalue weighted by molar-refractivity contribution is 7.99. The van der Waals surface area contributed by atoms with Crippen LogP contribution < -0.4 is 10.2 Å². The summed E-state index contributed by atoms with van der Waals surface area (Å²) in [4.78, 5) is 13.9. The van der Waals surface area contributed by atoms with Crippen LogP contribution in [-0.4, -0.2) is 31.0 Å². The van der Waals surface area contributed by atoms with Gasteiger partial charge in [-0.25, -0.2) is 0 Å². The van der Waals surface area contributed by atoms with Crippen LogP contribution in [0.2, 0.25) is 0 Å². The second-order valence-electron chi connectivity index (χ2n) is 4.58. The molecule has 1 amide bonds. The molecule has 1 aliphatic heterocycles. The maximum atomic E-state index is 11.5. The predicted octanol–water partition coefficient (Wildman–Crippen LogP) is 2.98. The molecule has 1 saturated heterocycles. The molecular formula is C14H20N2OS. The van der Waals surface area contributed by atoms with Crippen molar-refractivity contribution < 1.29 is 4.79 Å². The summed E-state index contributed by atoms with van der Waals surface area (Å²) in [6, 6.07) is 8.17. The second-order valence-corrected chi connectivity index (χ2v) is 5.44. The number of rotatable bonds is 4. The van der Waals surface area contributed by atoms with E-state index in [4.69, 9.17) is 0 Å². The summed E-state index contributed by atoms with van der Waals surface area (Å²) < 4.78 is 0. The predicted molar refractivity (Wildman–Crippen MR) is 79.5 cm³/mol. The number of nitrogens with zero attached hydrogens (tertiary/aromatic N) is 1. The summed E-state index contributed by atoms with van der Waals surface area (Å²) in [6.07, 6.45) is 5.84. The van der Waals surface area contributed by atoms with Gasteiger partial charge >= 0.3 is 0 Å². The molecule has 2 rings (SSSR count). The molecule has 1 aromatic carbocycles. The first-order valence-corrected chi connectivity index (χ1v) is 7.83. The Balaban J connectivity index is 1.94. The van der Waals surface area contributed by atoms with Gasteiger partial charge in [-0.05, 0) is 49.8 Å². The number of benzene rings is 1. The van der Waals surface area contributed by atoms with E-state index in [1.807, 2.05) is 18.4 Å². The molecule has 98 valence electrons. The fourth-order valence-corrected chi connectivity index (χ4v) is 2.57. The van der Waals surface area contributed by atoms with Crippen molar-refractivity contribution in [1.82, 2.24) is 0 Å². The molecule has 0 radical (unpaired) electrons. The van der Waals surface area contributed by atoms with Crippen molar-refractivity contribution in [2.45, 2.75) is 19.3 Å². The Hall–Kier alpha value is -1.16. The molecule has 1 N–H and O–H groups in total. The van der Waals surface area contributed by atoms with Crippen LogP contribution in [0, 0.1) is 0 Å². The molecule has 0 bridgehead atoms. The molecular weight excluding hydrogens is 244 g/mol. The molecule has 3 nitrogen and oxygen atoms in total. The van der Waals surface area contributed by atoms with Crippen molar-refractivity contribution in [1.29, 1.82) is 0 Å². The number of carbonyl (C=O) groups is 1. The number of anilines is 2. The van der Waals surface area contributed by atoms with Crippen molar-refractivity contribution in [2.75, 3.05) is 35.3 Å². The number of carbonyl (C=O) groups excluding carboxylic acids is 1. The minimum atomic E-state index is 0.0632. The van der Waals surface area contributed by atoms with Crippen LogP contribution >= 0.6 is 11.8 Å². The quantitative estimate of drug-likeness (QED) is 0.907. The van der Waals surface area contributed by atoms with Crippen LogP contribution in [0.3, 0.4) is 0 Å². The standard InChI is InChI=1S/C14H20N2OS/c1-18-11-14(17)15-12-5-7-13(8-6-12)16-9-3-2-4-10-16/h5-8H,2-4,9-11H2,1H3,(H,15,17). The molecule has 1 heterocycles. The molecule has 0 unspecified atom stereocenters. The lowest BCUT2D eigenvalue weighted by Gasteiger charge is -2.28. The van der Waals surface area contributed by atoms with Gasteiger partial charge in [-0.1, -0.05) is 0 Å². The fourth-order valence-electron chi connectivity index (χ4n) is 2.24. The van der Waals surface area contributed by atoms with E-state index >= 15 is 0 Å². The number of hydrogen-bond donors (Lipinski definition) is 1. The molecule has 18 heavy (non-hydrogen) atoms. The number of amides is 1. The highest BCUT2D eigenvalue weighted by Gasteiger charge is 2.10. The van der Waals surface area contributed by atoms with Gasteiger partial charge in [0.1, 0.15) is 0 Å². The van der Waals surface area contributed by atoms with E-state index < -0.39 is 0 Å². The Kier molecular flexibility index (Phi) is 4.93. The first-order valence-electron chi connectivity index (χ1n) is 6.43. The van der Waals surface area contributed by atoms with Crippen LogP contribution in [0.15, 0.2) is 24.3 Å². The maximum absolute atomic E-state index is 11.5. The highest BCUT2D eigenvalue weighted by atomic mass is 32.2. The molecule has 0 saturated carbocycles. The zero-order valence-corrected chi connectivity index (χ0v) is 11.6. The van der Waals surface area contributed by atoms with Gasteiger partial charge in [-0.3, -0.25) is 4.79 Å². The van der Waals surface area contributed by atoms with E-state index in [1.165, 1.54) is 36.7 Å². The molecule has 1 aromatic rings. The SMILES string of the molecule is CSCC(=O)Nc1ccc(N2CCCCC2)cc1. The Bertz CT molecular complexity index is 385. The Morgan fingerprint density at radius 2 is 1.89 bits per heavy atom. The average molecular weight is 264 g/mol. The third-order valence-electron chi connectivity index (χ3n) is 3.15. The van der Waals surface area contributed by atoms with E-state index in [1.54, 1.807) is 0 Å². The lowest BCUT2D eigenvalue weighted by molar-refractivity contribution is -0.113. The van der Waals surface area contributed by atoms with Gasteiger partial charge in [-0.2, -0.15) is 11.8 Å². The van der Waals surface area contributed by atoms with Crippen molar-refractivity contribution in [2.24, 2.45) is 0 Å². The first-order chi connectivity index (χ1) is 8.79. The normalized spacial score (nSPS) is 15.5. The number of piperidine rings is 1.